The van der Waals surface area contributed by atoms with Crippen LogP contribution in [0.4, 0.5) is 0 Å². The Hall–Kier alpha value is -2.97. The summed E-state index contributed by atoms with van der Waals surface area (Å²) in [7, 11) is 1.73. The van der Waals surface area contributed by atoms with E-state index in [1.54, 1.807) is 23.9 Å². The number of aromatic nitrogens is 3. The van der Waals surface area contributed by atoms with Crippen molar-refractivity contribution in [3.63, 3.8) is 0 Å². The van der Waals surface area contributed by atoms with Crippen LogP contribution in [0.15, 0.2) is 47.4 Å². The number of ether oxygens (including phenoxy) is 1. The number of benzene rings is 1. The van der Waals surface area contributed by atoms with Gasteiger partial charge in [-0.05, 0) is 49.6 Å². The van der Waals surface area contributed by atoms with E-state index < -0.39 is 0 Å². The van der Waals surface area contributed by atoms with Gasteiger partial charge in [-0.2, -0.15) is 0 Å². The summed E-state index contributed by atoms with van der Waals surface area (Å²) in [6, 6.07) is 11.0. The first-order chi connectivity index (χ1) is 12.6. The lowest BCUT2D eigenvalue weighted by atomic mass is 10.1. The molecule has 0 bridgehead atoms. The number of pyridine rings is 1. The zero-order valence-electron chi connectivity index (χ0n) is 15.2. The molecule has 0 saturated carbocycles. The van der Waals surface area contributed by atoms with Gasteiger partial charge in [0, 0.05) is 25.4 Å². The molecule has 2 aromatic heterocycles. The van der Waals surface area contributed by atoms with Gasteiger partial charge in [0.25, 0.3) is 5.56 Å². The topological polar surface area (TPSA) is 57.0 Å². The molecule has 1 atom stereocenters. The second-order valence-corrected chi connectivity index (χ2v) is 6.04. The summed E-state index contributed by atoms with van der Waals surface area (Å²) in [5, 5.41) is 0.572. The van der Waals surface area contributed by atoms with E-state index in [0.29, 0.717) is 29.0 Å². The highest BCUT2D eigenvalue weighted by Crippen LogP contribution is 2.17. The van der Waals surface area contributed by atoms with Gasteiger partial charge in [-0.25, -0.2) is 9.97 Å². The SMILES string of the molecule is CCCOC(C)c1nc2cc(C#Cc3ccccn3)ccc2c(=O)n1C. The molecule has 26 heavy (non-hydrogen) atoms. The van der Waals surface area contributed by atoms with Crippen LogP contribution in [0, 0.1) is 11.8 Å². The molecule has 0 radical (unpaired) electrons. The second kappa shape index (κ2) is 7.94. The van der Waals surface area contributed by atoms with Crippen LogP contribution in [0.3, 0.4) is 0 Å². The molecule has 0 aliphatic carbocycles. The summed E-state index contributed by atoms with van der Waals surface area (Å²) in [6.07, 6.45) is 2.37. The standard InChI is InChI=1S/C21H21N3O2/c1-4-13-26-15(2)20-23-19-14-16(8-10-17-7-5-6-12-22-17)9-11-18(19)21(25)24(20)3/h5-7,9,11-12,14-15H,4,13H2,1-3H3. The summed E-state index contributed by atoms with van der Waals surface area (Å²) in [4.78, 5) is 21.5. The minimum absolute atomic E-state index is 0.0822. The Labute approximate surface area is 152 Å². The molecule has 2 heterocycles. The Morgan fingerprint density at radius 3 is 2.81 bits per heavy atom. The summed E-state index contributed by atoms with van der Waals surface area (Å²) in [5.41, 5.74) is 2.04. The molecule has 3 aromatic rings. The molecule has 3 rings (SSSR count). The minimum Gasteiger partial charge on any atom is -0.371 e. The van der Waals surface area contributed by atoms with E-state index in [9.17, 15) is 4.79 Å². The molecule has 0 amide bonds. The molecule has 0 spiro atoms. The number of nitrogens with zero attached hydrogens (tertiary/aromatic N) is 3. The van der Waals surface area contributed by atoms with E-state index in [1.165, 1.54) is 0 Å². The molecular weight excluding hydrogens is 326 g/mol. The first kappa shape index (κ1) is 17.8. The van der Waals surface area contributed by atoms with Gasteiger partial charge >= 0.3 is 0 Å². The highest BCUT2D eigenvalue weighted by atomic mass is 16.5. The number of hydrogen-bond donors (Lipinski definition) is 0. The largest absolute Gasteiger partial charge is 0.371 e. The van der Waals surface area contributed by atoms with Crippen LogP contribution in [-0.4, -0.2) is 21.1 Å². The molecule has 1 aromatic carbocycles. The van der Waals surface area contributed by atoms with Crippen LogP contribution in [0.5, 0.6) is 0 Å². The molecule has 0 N–H and O–H groups in total. The van der Waals surface area contributed by atoms with Gasteiger partial charge in [-0.15, -0.1) is 0 Å². The van der Waals surface area contributed by atoms with Crippen LogP contribution in [0.25, 0.3) is 10.9 Å². The minimum atomic E-state index is -0.250. The number of rotatable bonds is 4. The quantitative estimate of drug-likeness (QED) is 0.680. The Balaban J connectivity index is 2.02. The summed E-state index contributed by atoms with van der Waals surface area (Å²) in [6.45, 7) is 4.59. The second-order valence-electron chi connectivity index (χ2n) is 6.04. The molecular formula is C21H21N3O2. The first-order valence-electron chi connectivity index (χ1n) is 8.65. The van der Waals surface area contributed by atoms with Gasteiger partial charge in [0.05, 0.1) is 10.9 Å². The lowest BCUT2D eigenvalue weighted by Crippen LogP contribution is -2.24. The van der Waals surface area contributed by atoms with E-state index in [-0.39, 0.29) is 11.7 Å². The lowest BCUT2D eigenvalue weighted by molar-refractivity contribution is 0.0577. The monoisotopic (exact) mass is 347 g/mol. The highest BCUT2D eigenvalue weighted by Gasteiger charge is 2.14. The fraction of sp³-hybridized carbons (Fsp3) is 0.286. The highest BCUT2D eigenvalue weighted by molar-refractivity contribution is 5.79. The van der Waals surface area contributed by atoms with Crippen molar-refractivity contribution in [2.45, 2.75) is 26.4 Å². The third-order valence-corrected chi connectivity index (χ3v) is 4.05. The van der Waals surface area contributed by atoms with Crippen molar-refractivity contribution in [1.29, 1.82) is 0 Å². The Kier molecular flexibility index (Phi) is 5.45. The van der Waals surface area contributed by atoms with Crippen molar-refractivity contribution in [2.24, 2.45) is 7.05 Å². The maximum Gasteiger partial charge on any atom is 0.261 e. The Morgan fingerprint density at radius 2 is 2.08 bits per heavy atom. The van der Waals surface area contributed by atoms with Crippen LogP contribution < -0.4 is 5.56 Å². The lowest BCUT2D eigenvalue weighted by Gasteiger charge is -2.16. The smallest absolute Gasteiger partial charge is 0.261 e. The average molecular weight is 347 g/mol. The van der Waals surface area contributed by atoms with Gasteiger partial charge < -0.3 is 4.74 Å². The molecule has 1 unspecified atom stereocenters. The number of fused-ring (bicyclic) bond motifs is 1. The Morgan fingerprint density at radius 1 is 1.23 bits per heavy atom. The van der Waals surface area contributed by atoms with Crippen LogP contribution in [0.2, 0.25) is 0 Å². The molecule has 132 valence electrons. The predicted molar refractivity (Wildman–Crippen MR) is 102 cm³/mol. The third-order valence-electron chi connectivity index (χ3n) is 4.05. The molecule has 5 nitrogen and oxygen atoms in total. The molecule has 0 aliphatic heterocycles. The van der Waals surface area contributed by atoms with E-state index in [1.807, 2.05) is 44.2 Å². The predicted octanol–water partition coefficient (Wildman–Crippen LogP) is 3.22. The summed E-state index contributed by atoms with van der Waals surface area (Å²) in [5.74, 6) is 6.71. The van der Waals surface area contributed by atoms with Crippen LogP contribution in [0.1, 0.15) is 43.5 Å². The summed E-state index contributed by atoms with van der Waals surface area (Å²) >= 11 is 0. The third kappa shape index (κ3) is 3.81. The van der Waals surface area contributed by atoms with Crippen molar-refractivity contribution < 1.29 is 4.74 Å². The van der Waals surface area contributed by atoms with Crippen LogP contribution in [-0.2, 0) is 11.8 Å². The van der Waals surface area contributed by atoms with Gasteiger partial charge in [-0.3, -0.25) is 9.36 Å². The van der Waals surface area contributed by atoms with Crippen molar-refractivity contribution >= 4 is 10.9 Å². The Bertz CT molecular complexity index is 1030. The molecule has 5 heteroatoms. The summed E-state index contributed by atoms with van der Waals surface area (Å²) < 4.78 is 7.30. The average Bonchev–Trinajstić information content (AvgIpc) is 2.68. The van der Waals surface area contributed by atoms with Crippen LogP contribution >= 0.6 is 0 Å². The van der Waals surface area contributed by atoms with E-state index in [4.69, 9.17) is 4.74 Å². The van der Waals surface area contributed by atoms with Crippen molar-refractivity contribution in [3.8, 4) is 11.8 Å². The maximum atomic E-state index is 12.6. The zero-order valence-corrected chi connectivity index (χ0v) is 15.2. The molecule has 0 aliphatic rings. The normalized spacial score (nSPS) is 11.8. The van der Waals surface area contributed by atoms with Gasteiger partial charge in [0.1, 0.15) is 17.6 Å². The first-order valence-corrected chi connectivity index (χ1v) is 8.65. The van der Waals surface area contributed by atoms with Gasteiger partial charge in [0.2, 0.25) is 0 Å². The molecule has 0 saturated heterocycles. The van der Waals surface area contributed by atoms with Crippen molar-refractivity contribution in [2.75, 3.05) is 6.61 Å². The van der Waals surface area contributed by atoms with E-state index >= 15 is 0 Å². The number of hydrogen-bond acceptors (Lipinski definition) is 4. The van der Waals surface area contributed by atoms with Gasteiger partial charge in [0.15, 0.2) is 0 Å². The maximum absolute atomic E-state index is 12.6. The fourth-order valence-corrected chi connectivity index (χ4v) is 2.67. The molecule has 0 fully saturated rings. The van der Waals surface area contributed by atoms with E-state index in [2.05, 4.69) is 21.8 Å². The van der Waals surface area contributed by atoms with Crippen molar-refractivity contribution in [3.05, 3.63) is 70.0 Å². The van der Waals surface area contributed by atoms with Crippen molar-refractivity contribution in [1.82, 2.24) is 14.5 Å². The fourth-order valence-electron chi connectivity index (χ4n) is 2.67. The van der Waals surface area contributed by atoms with E-state index in [0.717, 1.165) is 12.0 Å². The van der Waals surface area contributed by atoms with Gasteiger partial charge in [-0.1, -0.05) is 18.9 Å². The zero-order chi connectivity index (χ0) is 18.5.